The third kappa shape index (κ3) is 5.16. The molecule has 7 nitrogen and oxygen atoms in total. The fourth-order valence-corrected chi connectivity index (χ4v) is 2.89. The minimum absolute atomic E-state index is 0.150. The zero-order chi connectivity index (χ0) is 20.8. The number of benzene rings is 2. The lowest BCUT2D eigenvalue weighted by molar-refractivity contribution is -0.114. The molecule has 0 fully saturated rings. The summed E-state index contributed by atoms with van der Waals surface area (Å²) in [5, 5.41) is 16.9. The summed E-state index contributed by atoms with van der Waals surface area (Å²) in [5.74, 6) is 0.0641. The number of carbonyl (C=O) groups is 2. The average molecular weight is 389 g/mol. The first kappa shape index (κ1) is 20.0. The molecule has 148 valence electrons. The van der Waals surface area contributed by atoms with Gasteiger partial charge in [0.25, 0.3) is 5.91 Å². The number of aromatic nitrogens is 2. The number of aryl methyl sites for hydroxylation is 2. The highest BCUT2D eigenvalue weighted by Gasteiger charge is 2.10. The highest BCUT2D eigenvalue weighted by atomic mass is 16.2. The van der Waals surface area contributed by atoms with Crippen LogP contribution in [-0.4, -0.2) is 22.0 Å². The Morgan fingerprint density at radius 2 is 1.59 bits per heavy atom. The van der Waals surface area contributed by atoms with Crippen LogP contribution in [0.25, 0.3) is 0 Å². The largest absolute Gasteiger partial charge is 0.338 e. The van der Waals surface area contributed by atoms with Crippen LogP contribution in [-0.2, 0) is 11.2 Å². The van der Waals surface area contributed by atoms with Crippen molar-refractivity contribution >= 4 is 34.7 Å². The second-order valence-corrected chi connectivity index (χ2v) is 6.60. The van der Waals surface area contributed by atoms with Gasteiger partial charge in [0.2, 0.25) is 5.91 Å². The van der Waals surface area contributed by atoms with Crippen LogP contribution in [0.1, 0.15) is 35.5 Å². The number of rotatable bonds is 6. The maximum atomic E-state index is 12.4. The minimum Gasteiger partial charge on any atom is -0.338 e. The molecule has 29 heavy (non-hydrogen) atoms. The third-order valence-corrected chi connectivity index (χ3v) is 4.35. The van der Waals surface area contributed by atoms with Gasteiger partial charge in [-0.05, 0) is 60.9 Å². The average Bonchev–Trinajstić information content (AvgIpc) is 2.71. The van der Waals surface area contributed by atoms with Gasteiger partial charge in [0, 0.05) is 24.0 Å². The van der Waals surface area contributed by atoms with Gasteiger partial charge in [-0.15, -0.1) is 10.2 Å². The molecule has 3 N–H and O–H groups in total. The van der Waals surface area contributed by atoms with E-state index < -0.39 is 0 Å². The van der Waals surface area contributed by atoms with Gasteiger partial charge in [0.1, 0.15) is 0 Å². The molecule has 0 aliphatic carbocycles. The van der Waals surface area contributed by atoms with Crippen molar-refractivity contribution in [2.45, 2.75) is 27.2 Å². The number of hydrogen-bond donors (Lipinski definition) is 3. The van der Waals surface area contributed by atoms with Crippen molar-refractivity contribution in [3.8, 4) is 0 Å². The van der Waals surface area contributed by atoms with Crippen LogP contribution in [0.3, 0.4) is 0 Å². The number of hydrogen-bond acceptors (Lipinski definition) is 5. The highest BCUT2D eigenvalue weighted by molar-refractivity contribution is 6.03. The normalized spacial score (nSPS) is 10.3. The van der Waals surface area contributed by atoms with E-state index in [1.807, 2.05) is 19.1 Å². The molecule has 2 amide bonds. The molecule has 0 radical (unpaired) electrons. The number of carbonyl (C=O) groups excluding carboxylic acids is 2. The van der Waals surface area contributed by atoms with Crippen molar-refractivity contribution in [1.29, 1.82) is 0 Å². The van der Waals surface area contributed by atoms with Crippen molar-refractivity contribution in [1.82, 2.24) is 10.2 Å². The maximum Gasteiger partial charge on any atom is 0.276 e. The van der Waals surface area contributed by atoms with E-state index in [-0.39, 0.29) is 17.5 Å². The number of para-hydroxylation sites is 1. The number of nitrogens with zero attached hydrogens (tertiary/aromatic N) is 2. The molecule has 1 heterocycles. The van der Waals surface area contributed by atoms with Crippen LogP contribution < -0.4 is 16.0 Å². The lowest BCUT2D eigenvalue weighted by Gasteiger charge is -2.13. The van der Waals surface area contributed by atoms with Crippen LogP contribution >= 0.6 is 0 Å². The van der Waals surface area contributed by atoms with Crippen molar-refractivity contribution in [3.63, 3.8) is 0 Å². The molecule has 1 aromatic heterocycles. The molecule has 0 spiro atoms. The summed E-state index contributed by atoms with van der Waals surface area (Å²) >= 11 is 0. The van der Waals surface area contributed by atoms with Gasteiger partial charge < -0.3 is 16.0 Å². The van der Waals surface area contributed by atoms with E-state index in [4.69, 9.17) is 0 Å². The van der Waals surface area contributed by atoms with Crippen LogP contribution in [0.15, 0.2) is 54.6 Å². The summed E-state index contributed by atoms with van der Waals surface area (Å²) in [5.41, 5.74) is 4.80. The first-order chi connectivity index (χ1) is 14.0. The molecule has 3 aromatic rings. The summed E-state index contributed by atoms with van der Waals surface area (Å²) in [7, 11) is 0. The Labute approximate surface area is 169 Å². The second-order valence-electron chi connectivity index (χ2n) is 6.60. The summed E-state index contributed by atoms with van der Waals surface area (Å²) in [6.07, 6.45) is 0.901. The summed E-state index contributed by atoms with van der Waals surface area (Å²) in [6, 6.07) is 16.3. The lowest BCUT2D eigenvalue weighted by atomic mass is 10.1. The van der Waals surface area contributed by atoms with Crippen molar-refractivity contribution in [2.24, 2.45) is 0 Å². The monoisotopic (exact) mass is 389 g/mol. The molecule has 0 saturated carbocycles. The van der Waals surface area contributed by atoms with Crippen LogP contribution in [0.5, 0.6) is 0 Å². The van der Waals surface area contributed by atoms with Gasteiger partial charge >= 0.3 is 0 Å². The lowest BCUT2D eigenvalue weighted by Crippen LogP contribution is -2.15. The van der Waals surface area contributed by atoms with E-state index in [0.29, 0.717) is 17.2 Å². The predicted octanol–water partition coefficient (Wildman–Crippen LogP) is 4.30. The Morgan fingerprint density at radius 1 is 0.897 bits per heavy atom. The zero-order valence-electron chi connectivity index (χ0n) is 16.6. The summed E-state index contributed by atoms with van der Waals surface area (Å²) < 4.78 is 0. The molecular weight excluding hydrogens is 366 g/mol. The Hall–Kier alpha value is -3.74. The van der Waals surface area contributed by atoms with Gasteiger partial charge in [-0.2, -0.15) is 0 Å². The number of anilines is 4. The molecule has 0 saturated heterocycles. The first-order valence-corrected chi connectivity index (χ1v) is 9.34. The van der Waals surface area contributed by atoms with Gasteiger partial charge in [-0.3, -0.25) is 9.59 Å². The van der Waals surface area contributed by atoms with Gasteiger partial charge in [-0.1, -0.05) is 25.1 Å². The van der Waals surface area contributed by atoms with E-state index in [9.17, 15) is 9.59 Å². The Morgan fingerprint density at radius 3 is 2.17 bits per heavy atom. The fourth-order valence-electron chi connectivity index (χ4n) is 2.89. The van der Waals surface area contributed by atoms with Crippen molar-refractivity contribution in [2.75, 3.05) is 16.0 Å². The molecule has 0 atom stereocenters. The highest BCUT2D eigenvalue weighted by Crippen LogP contribution is 2.24. The molecule has 2 aromatic carbocycles. The summed E-state index contributed by atoms with van der Waals surface area (Å²) in [4.78, 5) is 23.5. The topological polar surface area (TPSA) is 96.0 Å². The van der Waals surface area contributed by atoms with Crippen molar-refractivity contribution in [3.05, 3.63) is 71.4 Å². The van der Waals surface area contributed by atoms with Crippen LogP contribution in [0, 0.1) is 6.92 Å². The van der Waals surface area contributed by atoms with E-state index in [0.717, 1.165) is 17.7 Å². The Kier molecular flexibility index (Phi) is 6.19. The minimum atomic E-state index is -0.360. The van der Waals surface area contributed by atoms with Gasteiger partial charge in [0.15, 0.2) is 11.5 Å². The molecule has 3 rings (SSSR count). The van der Waals surface area contributed by atoms with Gasteiger partial charge in [0.05, 0.1) is 0 Å². The van der Waals surface area contributed by atoms with Crippen LogP contribution in [0.4, 0.5) is 22.9 Å². The quantitative estimate of drug-likeness (QED) is 0.584. The number of amides is 2. The zero-order valence-corrected chi connectivity index (χ0v) is 16.6. The smallest absolute Gasteiger partial charge is 0.276 e. The van der Waals surface area contributed by atoms with E-state index in [1.54, 1.807) is 36.4 Å². The predicted molar refractivity (Wildman–Crippen MR) is 115 cm³/mol. The van der Waals surface area contributed by atoms with E-state index >= 15 is 0 Å². The molecule has 0 unspecified atom stereocenters. The third-order valence-electron chi connectivity index (χ3n) is 4.35. The summed E-state index contributed by atoms with van der Waals surface area (Å²) in [6.45, 7) is 5.57. The SMILES string of the molecule is CCc1cccc(C)c1Nc1ccc(C(=O)Nc2ccc(NC(C)=O)cc2)nn1. The fraction of sp³-hybridized carbons (Fsp3) is 0.182. The van der Waals surface area contributed by atoms with Gasteiger partial charge in [-0.25, -0.2) is 0 Å². The van der Waals surface area contributed by atoms with E-state index in [2.05, 4.69) is 39.1 Å². The molecule has 0 aliphatic heterocycles. The number of nitrogens with one attached hydrogen (secondary N) is 3. The molecule has 0 bridgehead atoms. The molecule has 0 aliphatic rings. The second kappa shape index (κ2) is 8.97. The molecule has 7 heteroatoms. The Balaban J connectivity index is 1.67. The van der Waals surface area contributed by atoms with E-state index in [1.165, 1.54) is 12.5 Å². The van der Waals surface area contributed by atoms with Crippen molar-refractivity contribution < 1.29 is 9.59 Å². The van der Waals surface area contributed by atoms with Crippen LogP contribution in [0.2, 0.25) is 0 Å². The first-order valence-electron chi connectivity index (χ1n) is 9.34. The maximum absolute atomic E-state index is 12.4. The standard InChI is InChI=1S/C22H23N5O2/c1-4-16-7-5-6-14(2)21(16)25-20-13-12-19(26-27-20)22(29)24-18-10-8-17(9-11-18)23-15(3)28/h5-13H,4H2,1-3H3,(H,23,28)(H,24,29)(H,25,27). The molecular formula is C22H23N5O2. The Bertz CT molecular complexity index is 1010.